The van der Waals surface area contributed by atoms with Crippen LogP contribution in [0.5, 0.6) is 0 Å². The molecule has 1 N–H and O–H groups in total. The summed E-state index contributed by atoms with van der Waals surface area (Å²) in [6.45, 7) is 0. The first-order valence-electron chi connectivity index (χ1n) is 7.20. The van der Waals surface area contributed by atoms with E-state index in [-0.39, 0.29) is 11.9 Å². The third kappa shape index (κ3) is 3.85. The minimum atomic E-state index is -0.643. The molecule has 0 bridgehead atoms. The molecule has 1 aliphatic carbocycles. The standard InChI is InChI=1S/C16H20N2O2S/c1-3-14(19)18(2)15(13-10-7-11-21-13)16(20)17-12-8-5-4-6-9-12/h1,7,10-12,15H,4-6,8-9H2,2H3,(H,17,20). The van der Waals surface area contributed by atoms with Crippen LogP contribution < -0.4 is 5.32 Å². The number of hydrogen-bond donors (Lipinski definition) is 1. The molecule has 0 aliphatic heterocycles. The molecule has 112 valence electrons. The largest absolute Gasteiger partial charge is 0.351 e. The van der Waals surface area contributed by atoms with Crippen LogP contribution in [-0.2, 0) is 9.59 Å². The van der Waals surface area contributed by atoms with Gasteiger partial charge in [0.1, 0.15) is 6.04 Å². The van der Waals surface area contributed by atoms with E-state index in [0.717, 1.165) is 30.6 Å². The summed E-state index contributed by atoms with van der Waals surface area (Å²) in [4.78, 5) is 26.5. The molecule has 1 aliphatic rings. The quantitative estimate of drug-likeness (QED) is 0.868. The van der Waals surface area contributed by atoms with Gasteiger partial charge in [0.05, 0.1) is 0 Å². The average molecular weight is 304 g/mol. The number of rotatable bonds is 4. The highest BCUT2D eigenvalue weighted by molar-refractivity contribution is 7.10. The zero-order valence-electron chi connectivity index (χ0n) is 12.2. The Kier molecular flexibility index (Phi) is 5.40. The van der Waals surface area contributed by atoms with E-state index in [1.54, 1.807) is 7.05 Å². The van der Waals surface area contributed by atoms with E-state index in [2.05, 4.69) is 11.2 Å². The molecule has 2 amide bonds. The van der Waals surface area contributed by atoms with Gasteiger partial charge >= 0.3 is 0 Å². The summed E-state index contributed by atoms with van der Waals surface area (Å²) in [5, 5.41) is 4.97. The van der Waals surface area contributed by atoms with Crippen LogP contribution in [0.25, 0.3) is 0 Å². The first-order valence-corrected chi connectivity index (χ1v) is 8.08. The molecule has 1 fully saturated rings. The fourth-order valence-corrected chi connectivity index (χ4v) is 3.55. The Morgan fingerprint density at radius 1 is 1.43 bits per heavy atom. The molecule has 1 saturated carbocycles. The number of carbonyl (C=O) groups excluding carboxylic acids is 2. The predicted molar refractivity (Wildman–Crippen MR) is 83.7 cm³/mol. The molecule has 0 radical (unpaired) electrons. The molecule has 0 spiro atoms. The van der Waals surface area contributed by atoms with E-state index in [1.165, 1.54) is 22.7 Å². The number of thiophene rings is 1. The smallest absolute Gasteiger partial charge is 0.298 e. The predicted octanol–water partition coefficient (Wildman–Crippen LogP) is 2.33. The van der Waals surface area contributed by atoms with Gasteiger partial charge < -0.3 is 10.2 Å². The van der Waals surface area contributed by atoms with Gasteiger partial charge in [-0.15, -0.1) is 17.8 Å². The van der Waals surface area contributed by atoms with Gasteiger partial charge in [-0.2, -0.15) is 0 Å². The van der Waals surface area contributed by atoms with Crippen molar-refractivity contribution < 1.29 is 9.59 Å². The van der Waals surface area contributed by atoms with Crippen LogP contribution in [0.3, 0.4) is 0 Å². The Morgan fingerprint density at radius 3 is 2.71 bits per heavy atom. The Labute approximate surface area is 129 Å². The van der Waals surface area contributed by atoms with Gasteiger partial charge in [0.15, 0.2) is 0 Å². The van der Waals surface area contributed by atoms with Gasteiger partial charge in [0.2, 0.25) is 5.91 Å². The number of likely N-dealkylation sites (N-methyl/N-ethyl adjacent to an activating group) is 1. The molecule has 2 rings (SSSR count). The normalized spacial score (nSPS) is 16.8. The van der Waals surface area contributed by atoms with E-state index in [1.807, 2.05) is 17.5 Å². The molecule has 1 aromatic rings. The Bertz CT molecular complexity index is 527. The van der Waals surface area contributed by atoms with E-state index in [9.17, 15) is 9.59 Å². The lowest BCUT2D eigenvalue weighted by molar-refractivity contribution is -0.135. The van der Waals surface area contributed by atoms with E-state index in [0.29, 0.717) is 0 Å². The van der Waals surface area contributed by atoms with E-state index in [4.69, 9.17) is 6.42 Å². The van der Waals surface area contributed by atoms with Crippen LogP contribution in [0.2, 0.25) is 0 Å². The Hall–Kier alpha value is -1.80. The van der Waals surface area contributed by atoms with Crippen molar-refractivity contribution in [1.29, 1.82) is 0 Å². The monoisotopic (exact) mass is 304 g/mol. The van der Waals surface area contributed by atoms with Crippen molar-refractivity contribution in [3.63, 3.8) is 0 Å². The number of amides is 2. The Morgan fingerprint density at radius 2 is 2.14 bits per heavy atom. The third-order valence-electron chi connectivity index (χ3n) is 3.84. The molecule has 1 heterocycles. The molecule has 5 heteroatoms. The first-order chi connectivity index (χ1) is 10.1. The molecule has 1 unspecified atom stereocenters. The summed E-state index contributed by atoms with van der Waals surface area (Å²) in [7, 11) is 1.58. The highest BCUT2D eigenvalue weighted by atomic mass is 32.1. The number of hydrogen-bond acceptors (Lipinski definition) is 3. The van der Waals surface area contributed by atoms with Gasteiger partial charge in [0.25, 0.3) is 5.91 Å². The maximum absolute atomic E-state index is 12.6. The van der Waals surface area contributed by atoms with Gasteiger partial charge in [-0.1, -0.05) is 25.3 Å². The molecular formula is C16H20N2O2S. The van der Waals surface area contributed by atoms with Crippen LogP contribution in [0, 0.1) is 12.3 Å². The fraction of sp³-hybridized carbons (Fsp3) is 0.500. The van der Waals surface area contributed by atoms with Crippen molar-refractivity contribution in [2.24, 2.45) is 0 Å². The van der Waals surface area contributed by atoms with Crippen molar-refractivity contribution >= 4 is 23.2 Å². The second-order valence-corrected chi connectivity index (χ2v) is 6.30. The summed E-state index contributed by atoms with van der Waals surface area (Å²) in [6, 6.07) is 3.30. The zero-order chi connectivity index (χ0) is 15.2. The molecule has 0 saturated heterocycles. The molecular weight excluding hydrogens is 284 g/mol. The van der Waals surface area contributed by atoms with Gasteiger partial charge in [-0.05, 0) is 30.2 Å². The van der Waals surface area contributed by atoms with Gasteiger partial charge in [-0.3, -0.25) is 9.59 Å². The van der Waals surface area contributed by atoms with Crippen molar-refractivity contribution in [3.05, 3.63) is 22.4 Å². The molecule has 21 heavy (non-hydrogen) atoms. The Balaban J connectivity index is 2.13. The van der Waals surface area contributed by atoms with Crippen LogP contribution in [0.4, 0.5) is 0 Å². The zero-order valence-corrected chi connectivity index (χ0v) is 13.0. The summed E-state index contributed by atoms with van der Waals surface area (Å²) in [5.41, 5.74) is 0. The molecule has 1 aromatic heterocycles. The van der Waals surface area contributed by atoms with Gasteiger partial charge in [-0.25, -0.2) is 0 Å². The molecule has 4 nitrogen and oxygen atoms in total. The van der Waals surface area contributed by atoms with Gasteiger partial charge in [0, 0.05) is 18.0 Å². The summed E-state index contributed by atoms with van der Waals surface area (Å²) >= 11 is 1.45. The highest BCUT2D eigenvalue weighted by Gasteiger charge is 2.30. The second-order valence-electron chi connectivity index (χ2n) is 5.32. The minimum absolute atomic E-state index is 0.143. The lowest BCUT2D eigenvalue weighted by Gasteiger charge is -2.29. The van der Waals surface area contributed by atoms with Crippen LogP contribution in [-0.4, -0.2) is 29.8 Å². The number of terminal acetylenes is 1. The second kappa shape index (κ2) is 7.28. The average Bonchev–Trinajstić information content (AvgIpc) is 3.01. The van der Waals surface area contributed by atoms with Crippen molar-refractivity contribution in [2.45, 2.75) is 44.2 Å². The number of nitrogens with zero attached hydrogens (tertiary/aromatic N) is 1. The van der Waals surface area contributed by atoms with E-state index >= 15 is 0 Å². The highest BCUT2D eigenvalue weighted by Crippen LogP contribution is 2.26. The SMILES string of the molecule is C#CC(=O)N(C)C(C(=O)NC1CCCCC1)c1cccs1. The lowest BCUT2D eigenvalue weighted by atomic mass is 9.95. The number of carbonyl (C=O) groups is 2. The molecule has 0 aromatic carbocycles. The lowest BCUT2D eigenvalue weighted by Crippen LogP contribution is -2.45. The first kappa shape index (κ1) is 15.6. The molecule has 1 atom stereocenters. The third-order valence-corrected chi connectivity index (χ3v) is 4.77. The summed E-state index contributed by atoms with van der Waals surface area (Å²) in [6.07, 6.45) is 10.7. The fourth-order valence-electron chi connectivity index (χ4n) is 2.69. The summed E-state index contributed by atoms with van der Waals surface area (Å²) < 4.78 is 0. The maximum atomic E-state index is 12.6. The number of nitrogens with one attached hydrogen (secondary N) is 1. The minimum Gasteiger partial charge on any atom is -0.351 e. The topological polar surface area (TPSA) is 49.4 Å². The van der Waals surface area contributed by atoms with E-state index < -0.39 is 11.9 Å². The summed E-state index contributed by atoms with van der Waals surface area (Å²) in [5.74, 6) is 1.45. The van der Waals surface area contributed by atoms with Crippen LogP contribution >= 0.6 is 11.3 Å². The van der Waals surface area contributed by atoms with Crippen LogP contribution in [0.1, 0.15) is 43.0 Å². The maximum Gasteiger partial charge on any atom is 0.298 e. The van der Waals surface area contributed by atoms with Crippen molar-refractivity contribution in [2.75, 3.05) is 7.05 Å². The van der Waals surface area contributed by atoms with Crippen molar-refractivity contribution in [1.82, 2.24) is 10.2 Å². The van der Waals surface area contributed by atoms with Crippen LogP contribution in [0.15, 0.2) is 17.5 Å². The van der Waals surface area contributed by atoms with Crippen molar-refractivity contribution in [3.8, 4) is 12.3 Å².